The van der Waals surface area contributed by atoms with Gasteiger partial charge >= 0.3 is 6.18 Å². The molecule has 3 N–H and O–H groups in total. The van der Waals surface area contributed by atoms with E-state index >= 15 is 0 Å². The van der Waals surface area contributed by atoms with Crippen molar-refractivity contribution in [3.8, 4) is 0 Å². The second kappa shape index (κ2) is 5.73. The Morgan fingerprint density at radius 2 is 2.05 bits per heavy atom. The summed E-state index contributed by atoms with van der Waals surface area (Å²) >= 11 is 0. The van der Waals surface area contributed by atoms with Crippen LogP contribution in [0.3, 0.4) is 0 Å². The average molecular weight is 303 g/mol. The normalized spacial score (nSPS) is 23.1. The topological polar surface area (TPSA) is 52.7 Å². The minimum Gasteiger partial charge on any atom is -0.397 e. The van der Waals surface area contributed by atoms with Gasteiger partial charge in [-0.25, -0.2) is 0 Å². The fraction of sp³-hybridized carbons (Fsp3) is 0.571. The third-order valence-corrected chi connectivity index (χ3v) is 3.63. The van der Waals surface area contributed by atoms with E-state index in [-0.39, 0.29) is 11.7 Å². The Kier molecular flexibility index (Phi) is 4.34. The summed E-state index contributed by atoms with van der Waals surface area (Å²) in [5.74, 6) is 0. The number of nitrogens with two attached hydrogens (primary N) is 1. The number of halogens is 3. The van der Waals surface area contributed by atoms with Crippen molar-refractivity contribution in [2.24, 2.45) is 0 Å². The zero-order valence-corrected chi connectivity index (χ0v) is 12.1. The molecule has 7 heteroatoms. The van der Waals surface area contributed by atoms with Crippen LogP contribution < -0.4 is 10.6 Å². The molecule has 0 radical (unpaired) electrons. The van der Waals surface area contributed by atoms with Crippen LogP contribution >= 0.6 is 0 Å². The molecule has 1 aliphatic rings. The van der Waals surface area contributed by atoms with E-state index in [1.165, 1.54) is 6.07 Å². The Labute approximate surface area is 121 Å². The second-order valence-electron chi connectivity index (χ2n) is 5.73. The Hall–Kier alpha value is -1.47. The van der Waals surface area contributed by atoms with Crippen LogP contribution in [0, 0.1) is 0 Å². The van der Waals surface area contributed by atoms with Gasteiger partial charge in [0, 0.05) is 19.1 Å². The van der Waals surface area contributed by atoms with Crippen LogP contribution in [0.2, 0.25) is 0 Å². The van der Waals surface area contributed by atoms with Crippen molar-refractivity contribution in [1.82, 2.24) is 4.90 Å². The van der Waals surface area contributed by atoms with Crippen molar-refractivity contribution in [1.29, 1.82) is 0 Å². The average Bonchev–Trinajstić information content (AvgIpc) is 2.67. The number of rotatable bonds is 3. The number of β-amino-alcohol motifs (C(OH)–C–C–N with tert-alkyl or cyclic N) is 1. The fourth-order valence-corrected chi connectivity index (χ4v) is 2.77. The van der Waals surface area contributed by atoms with Crippen molar-refractivity contribution < 1.29 is 18.3 Å². The van der Waals surface area contributed by atoms with Gasteiger partial charge in [-0.3, -0.25) is 0 Å². The van der Waals surface area contributed by atoms with Crippen molar-refractivity contribution >= 4 is 11.4 Å². The molecule has 0 saturated carbocycles. The first-order chi connectivity index (χ1) is 9.68. The van der Waals surface area contributed by atoms with Gasteiger partial charge in [0.05, 0.1) is 23.0 Å². The molecule has 0 amide bonds. The molecule has 0 spiro atoms. The quantitative estimate of drug-likeness (QED) is 0.836. The number of hydrogen-bond acceptors (Lipinski definition) is 4. The molecule has 1 aliphatic heterocycles. The van der Waals surface area contributed by atoms with Crippen LogP contribution in [0.4, 0.5) is 24.5 Å². The summed E-state index contributed by atoms with van der Waals surface area (Å²) in [6.45, 7) is 1.09. The summed E-state index contributed by atoms with van der Waals surface area (Å²) < 4.78 is 38.0. The Balaban J connectivity index is 2.28. The van der Waals surface area contributed by atoms with Crippen LogP contribution in [0.25, 0.3) is 0 Å². The maximum Gasteiger partial charge on any atom is 0.416 e. The van der Waals surface area contributed by atoms with Gasteiger partial charge < -0.3 is 20.6 Å². The first-order valence-corrected chi connectivity index (χ1v) is 6.74. The molecule has 21 heavy (non-hydrogen) atoms. The van der Waals surface area contributed by atoms with Crippen LogP contribution in [-0.2, 0) is 6.18 Å². The minimum atomic E-state index is -4.40. The van der Waals surface area contributed by atoms with Gasteiger partial charge in [0.1, 0.15) is 0 Å². The van der Waals surface area contributed by atoms with E-state index in [0.29, 0.717) is 25.2 Å². The van der Waals surface area contributed by atoms with Gasteiger partial charge in [-0.15, -0.1) is 0 Å². The molecule has 2 rings (SSSR count). The highest BCUT2D eigenvalue weighted by atomic mass is 19.4. The lowest BCUT2D eigenvalue weighted by molar-refractivity contribution is -0.137. The molecule has 1 saturated heterocycles. The van der Waals surface area contributed by atoms with Gasteiger partial charge in [-0.05, 0) is 38.7 Å². The molecule has 1 aromatic carbocycles. The Morgan fingerprint density at radius 3 is 2.57 bits per heavy atom. The first kappa shape index (κ1) is 15.9. The SMILES string of the molecule is CN(C)CC1CC(O)CN1c1ccc(C(F)(F)F)cc1N. The summed E-state index contributed by atoms with van der Waals surface area (Å²) in [5, 5.41) is 9.84. The number of aliphatic hydroxyl groups is 1. The molecular formula is C14H20F3N3O. The Morgan fingerprint density at radius 1 is 1.38 bits per heavy atom. The highest BCUT2D eigenvalue weighted by Crippen LogP contribution is 2.36. The number of nitrogens with zero attached hydrogens (tertiary/aromatic N) is 2. The van der Waals surface area contributed by atoms with E-state index in [9.17, 15) is 18.3 Å². The first-order valence-electron chi connectivity index (χ1n) is 6.74. The number of likely N-dealkylation sites (N-methyl/N-ethyl adjacent to an activating group) is 1. The van der Waals surface area contributed by atoms with E-state index in [0.717, 1.165) is 12.1 Å². The lowest BCUT2D eigenvalue weighted by Gasteiger charge is -2.30. The number of aliphatic hydroxyl groups excluding tert-OH is 1. The van der Waals surface area contributed by atoms with Gasteiger partial charge in [-0.1, -0.05) is 0 Å². The highest BCUT2D eigenvalue weighted by molar-refractivity contribution is 5.69. The van der Waals surface area contributed by atoms with E-state index in [4.69, 9.17) is 5.73 Å². The lowest BCUT2D eigenvalue weighted by atomic mass is 10.1. The van der Waals surface area contributed by atoms with Crippen molar-refractivity contribution in [3.63, 3.8) is 0 Å². The van der Waals surface area contributed by atoms with Gasteiger partial charge in [-0.2, -0.15) is 13.2 Å². The number of hydrogen-bond donors (Lipinski definition) is 2. The van der Waals surface area contributed by atoms with Gasteiger partial charge in [0.2, 0.25) is 0 Å². The van der Waals surface area contributed by atoms with E-state index in [2.05, 4.69) is 0 Å². The molecule has 2 atom stereocenters. The van der Waals surface area contributed by atoms with Crippen LogP contribution in [0.1, 0.15) is 12.0 Å². The summed E-state index contributed by atoms with van der Waals surface area (Å²) in [7, 11) is 3.83. The maximum absolute atomic E-state index is 12.7. The number of anilines is 2. The van der Waals surface area contributed by atoms with Crippen LogP contribution in [0.5, 0.6) is 0 Å². The second-order valence-corrected chi connectivity index (χ2v) is 5.73. The highest BCUT2D eigenvalue weighted by Gasteiger charge is 2.34. The van der Waals surface area contributed by atoms with Crippen molar-refractivity contribution in [3.05, 3.63) is 23.8 Å². The van der Waals surface area contributed by atoms with Gasteiger partial charge in [0.15, 0.2) is 0 Å². The lowest BCUT2D eigenvalue weighted by Crippen LogP contribution is -2.38. The third kappa shape index (κ3) is 3.59. The summed E-state index contributed by atoms with van der Waals surface area (Å²) in [5.41, 5.74) is 5.68. The van der Waals surface area contributed by atoms with E-state index < -0.39 is 17.8 Å². The summed E-state index contributed by atoms with van der Waals surface area (Å²) in [4.78, 5) is 3.87. The number of nitrogen functional groups attached to an aromatic ring is 1. The predicted molar refractivity (Wildman–Crippen MR) is 76.2 cm³/mol. The molecule has 1 aromatic rings. The standard InChI is InChI=1S/C14H20F3N3O/c1-19(2)7-10-6-11(21)8-20(10)13-4-3-9(5-12(13)18)14(15,16)17/h3-5,10-11,21H,6-8,18H2,1-2H3. The molecule has 1 fully saturated rings. The minimum absolute atomic E-state index is 0.0361. The fourth-order valence-electron chi connectivity index (χ4n) is 2.77. The molecule has 0 aliphatic carbocycles. The molecule has 118 valence electrons. The number of alkyl halides is 3. The molecule has 1 heterocycles. The zero-order chi connectivity index (χ0) is 15.8. The monoisotopic (exact) mass is 303 g/mol. The molecular weight excluding hydrogens is 283 g/mol. The number of benzene rings is 1. The smallest absolute Gasteiger partial charge is 0.397 e. The van der Waals surface area contributed by atoms with E-state index in [1.54, 1.807) is 0 Å². The molecule has 0 bridgehead atoms. The molecule has 0 aromatic heterocycles. The van der Waals surface area contributed by atoms with Gasteiger partial charge in [0.25, 0.3) is 0 Å². The maximum atomic E-state index is 12.7. The van der Waals surface area contributed by atoms with E-state index in [1.807, 2.05) is 23.9 Å². The zero-order valence-electron chi connectivity index (χ0n) is 12.1. The van der Waals surface area contributed by atoms with Crippen molar-refractivity contribution in [2.45, 2.75) is 24.7 Å². The van der Waals surface area contributed by atoms with Crippen LogP contribution in [-0.4, -0.2) is 49.3 Å². The third-order valence-electron chi connectivity index (χ3n) is 3.63. The molecule has 2 unspecified atom stereocenters. The molecule has 4 nitrogen and oxygen atoms in total. The van der Waals surface area contributed by atoms with Crippen LogP contribution in [0.15, 0.2) is 18.2 Å². The van der Waals surface area contributed by atoms with Crippen molar-refractivity contribution in [2.75, 3.05) is 37.8 Å². The summed E-state index contributed by atoms with van der Waals surface area (Å²) in [6, 6.07) is 3.41. The summed E-state index contributed by atoms with van der Waals surface area (Å²) in [6.07, 6.45) is -4.31. The largest absolute Gasteiger partial charge is 0.416 e. The predicted octanol–water partition coefficient (Wildman–Crippen LogP) is 1.79. The Bertz CT molecular complexity index is 505.